The molecule has 110 valence electrons. The third-order valence-electron chi connectivity index (χ3n) is 2.54. The molecular weight excluding hydrogens is 264 g/mol. The average molecular weight is 282 g/mol. The molecule has 1 rings (SSSR count). The largest absolute Gasteiger partial charge is 0.370 e. The van der Waals surface area contributed by atoms with E-state index in [1.165, 1.54) is 6.92 Å². The lowest BCUT2D eigenvalue weighted by Gasteiger charge is -2.25. The number of carbonyl (C=O) groups excluding carboxylic acids is 1. The number of amides is 1. The topological polar surface area (TPSA) is 136 Å². The van der Waals surface area contributed by atoms with Crippen LogP contribution in [0.3, 0.4) is 0 Å². The van der Waals surface area contributed by atoms with E-state index < -0.39 is 16.4 Å². The summed E-state index contributed by atoms with van der Waals surface area (Å²) in [7, 11) is 1.61. The number of aryl methyl sites for hydroxylation is 1. The van der Waals surface area contributed by atoms with Crippen molar-refractivity contribution in [1.29, 1.82) is 0 Å². The van der Waals surface area contributed by atoms with Crippen LogP contribution in [0.2, 0.25) is 0 Å². The second-order valence-corrected chi connectivity index (χ2v) is 4.99. The summed E-state index contributed by atoms with van der Waals surface area (Å²) in [5, 5.41) is 16.7. The van der Waals surface area contributed by atoms with E-state index in [1.807, 2.05) is 0 Å². The molecule has 0 unspecified atom stereocenters. The Morgan fingerprint density at radius 3 is 2.50 bits per heavy atom. The van der Waals surface area contributed by atoms with E-state index >= 15 is 0 Å². The predicted octanol–water partition coefficient (Wildman–Crippen LogP) is 0.801. The van der Waals surface area contributed by atoms with Crippen LogP contribution < -0.4 is 16.4 Å². The van der Waals surface area contributed by atoms with Gasteiger partial charge in [0.15, 0.2) is 0 Å². The van der Waals surface area contributed by atoms with E-state index in [2.05, 4.69) is 20.6 Å². The van der Waals surface area contributed by atoms with Crippen molar-refractivity contribution in [2.45, 2.75) is 32.7 Å². The Labute approximate surface area is 116 Å². The molecule has 1 aromatic rings. The number of primary amides is 1. The van der Waals surface area contributed by atoms with Gasteiger partial charge in [0, 0.05) is 19.0 Å². The molecule has 0 aliphatic rings. The van der Waals surface area contributed by atoms with Gasteiger partial charge in [0.05, 0.1) is 4.92 Å². The summed E-state index contributed by atoms with van der Waals surface area (Å²) in [4.78, 5) is 29.6. The SMILES string of the molecule is CNc1nc(C)c([N+](=O)[O-])c(NC(C)(C)CC(N)=O)n1. The molecule has 0 saturated heterocycles. The molecule has 1 amide bonds. The minimum atomic E-state index is -0.762. The first-order valence-electron chi connectivity index (χ1n) is 5.93. The number of hydrogen-bond donors (Lipinski definition) is 3. The van der Waals surface area contributed by atoms with Gasteiger partial charge in [-0.1, -0.05) is 0 Å². The number of aromatic nitrogens is 2. The standard InChI is InChI=1S/C11H18N6O3/c1-6-8(17(19)20)9(15-10(13-4)14-6)16-11(2,3)5-7(12)18/h5H2,1-4H3,(H2,12,18)(H2,13,14,15,16). The van der Waals surface area contributed by atoms with Crippen LogP contribution in [-0.2, 0) is 4.79 Å². The van der Waals surface area contributed by atoms with Crippen molar-refractivity contribution in [3.8, 4) is 0 Å². The molecule has 9 heteroatoms. The van der Waals surface area contributed by atoms with E-state index in [0.717, 1.165) is 0 Å². The fourth-order valence-corrected chi connectivity index (χ4v) is 1.78. The Kier molecular flexibility index (Phi) is 4.43. The third kappa shape index (κ3) is 3.77. The summed E-state index contributed by atoms with van der Waals surface area (Å²) in [6, 6.07) is 0. The van der Waals surface area contributed by atoms with Gasteiger partial charge in [0.1, 0.15) is 5.69 Å². The van der Waals surface area contributed by atoms with Crippen molar-refractivity contribution in [2.24, 2.45) is 5.73 Å². The molecule has 0 spiro atoms. The predicted molar refractivity (Wildman–Crippen MR) is 74.5 cm³/mol. The average Bonchev–Trinajstić information content (AvgIpc) is 2.24. The summed E-state index contributed by atoms with van der Waals surface area (Å²) >= 11 is 0. The van der Waals surface area contributed by atoms with Crippen LogP contribution in [0.1, 0.15) is 26.0 Å². The van der Waals surface area contributed by atoms with Crippen molar-refractivity contribution in [1.82, 2.24) is 9.97 Å². The first kappa shape index (κ1) is 15.6. The monoisotopic (exact) mass is 282 g/mol. The molecule has 20 heavy (non-hydrogen) atoms. The molecular formula is C11H18N6O3. The van der Waals surface area contributed by atoms with Crippen LogP contribution in [0.4, 0.5) is 17.5 Å². The molecule has 0 saturated carbocycles. The quantitative estimate of drug-likeness (QED) is 0.518. The van der Waals surface area contributed by atoms with E-state index in [0.29, 0.717) is 0 Å². The van der Waals surface area contributed by atoms with Gasteiger partial charge in [0.25, 0.3) is 0 Å². The Bertz CT molecular complexity index is 543. The zero-order valence-electron chi connectivity index (χ0n) is 11.9. The van der Waals surface area contributed by atoms with Crippen molar-refractivity contribution in [2.75, 3.05) is 17.7 Å². The Hall–Kier alpha value is -2.45. The van der Waals surface area contributed by atoms with Gasteiger partial charge in [0.2, 0.25) is 17.7 Å². The molecule has 4 N–H and O–H groups in total. The fourth-order valence-electron chi connectivity index (χ4n) is 1.78. The van der Waals surface area contributed by atoms with Gasteiger partial charge >= 0.3 is 5.69 Å². The smallest absolute Gasteiger partial charge is 0.332 e. The van der Waals surface area contributed by atoms with Crippen molar-refractivity contribution < 1.29 is 9.72 Å². The minimum absolute atomic E-state index is 0.0160. The molecule has 0 bridgehead atoms. The summed E-state index contributed by atoms with van der Waals surface area (Å²) in [6.45, 7) is 4.93. The Balaban J connectivity index is 3.24. The number of nitrogens with two attached hydrogens (primary N) is 1. The van der Waals surface area contributed by atoms with Crippen molar-refractivity contribution >= 4 is 23.4 Å². The highest BCUT2D eigenvalue weighted by Crippen LogP contribution is 2.29. The third-order valence-corrected chi connectivity index (χ3v) is 2.54. The van der Waals surface area contributed by atoms with E-state index in [9.17, 15) is 14.9 Å². The second kappa shape index (κ2) is 5.68. The molecule has 9 nitrogen and oxygen atoms in total. The highest BCUT2D eigenvalue weighted by molar-refractivity contribution is 5.76. The number of rotatable bonds is 6. The van der Waals surface area contributed by atoms with Gasteiger partial charge < -0.3 is 16.4 Å². The van der Waals surface area contributed by atoms with Gasteiger partial charge in [-0.25, -0.2) is 4.98 Å². The zero-order chi connectivity index (χ0) is 15.5. The van der Waals surface area contributed by atoms with E-state index in [1.54, 1.807) is 20.9 Å². The molecule has 0 aliphatic carbocycles. The van der Waals surface area contributed by atoms with Gasteiger partial charge in [-0.3, -0.25) is 14.9 Å². The van der Waals surface area contributed by atoms with E-state index in [4.69, 9.17) is 5.73 Å². The van der Waals surface area contributed by atoms with Crippen molar-refractivity contribution in [3.63, 3.8) is 0 Å². The first-order valence-corrected chi connectivity index (χ1v) is 5.93. The number of nitro groups is 1. The summed E-state index contributed by atoms with van der Waals surface area (Å²) < 4.78 is 0. The lowest BCUT2D eigenvalue weighted by Crippen LogP contribution is -2.36. The number of nitrogens with zero attached hydrogens (tertiary/aromatic N) is 3. The highest BCUT2D eigenvalue weighted by atomic mass is 16.6. The number of hydrogen-bond acceptors (Lipinski definition) is 7. The van der Waals surface area contributed by atoms with Crippen LogP contribution in [0.25, 0.3) is 0 Å². The minimum Gasteiger partial charge on any atom is -0.370 e. The molecule has 0 atom stereocenters. The normalized spacial score (nSPS) is 11.0. The first-order chi connectivity index (χ1) is 9.16. The Morgan fingerprint density at radius 1 is 1.45 bits per heavy atom. The maximum atomic E-state index is 11.1. The summed E-state index contributed by atoms with van der Waals surface area (Å²) in [5.41, 5.74) is 4.40. The molecule has 1 aromatic heterocycles. The number of nitrogens with one attached hydrogen (secondary N) is 2. The van der Waals surface area contributed by atoms with Gasteiger partial charge in [-0.05, 0) is 20.8 Å². The van der Waals surface area contributed by atoms with Crippen LogP contribution in [0.15, 0.2) is 0 Å². The molecule has 0 fully saturated rings. The van der Waals surface area contributed by atoms with Crippen LogP contribution >= 0.6 is 0 Å². The lowest BCUT2D eigenvalue weighted by molar-refractivity contribution is -0.385. The van der Waals surface area contributed by atoms with Crippen LogP contribution in [-0.4, -0.2) is 33.4 Å². The second-order valence-electron chi connectivity index (χ2n) is 4.99. The van der Waals surface area contributed by atoms with Crippen molar-refractivity contribution in [3.05, 3.63) is 15.8 Å². The van der Waals surface area contributed by atoms with E-state index in [-0.39, 0.29) is 29.6 Å². The summed E-state index contributed by atoms with van der Waals surface area (Å²) in [6.07, 6.45) is 0.0160. The lowest BCUT2D eigenvalue weighted by atomic mass is 10.0. The molecule has 0 aromatic carbocycles. The maximum Gasteiger partial charge on any atom is 0.332 e. The van der Waals surface area contributed by atoms with Crippen LogP contribution in [0, 0.1) is 17.0 Å². The fraction of sp³-hybridized carbons (Fsp3) is 0.545. The van der Waals surface area contributed by atoms with Gasteiger partial charge in [-0.15, -0.1) is 0 Å². The Morgan fingerprint density at radius 2 is 2.05 bits per heavy atom. The summed E-state index contributed by atoms with van der Waals surface area (Å²) in [5.74, 6) is -0.201. The number of carbonyl (C=O) groups is 1. The highest BCUT2D eigenvalue weighted by Gasteiger charge is 2.28. The molecule has 0 aliphatic heterocycles. The molecule has 1 heterocycles. The maximum absolute atomic E-state index is 11.1. The van der Waals surface area contributed by atoms with Crippen LogP contribution in [0.5, 0.6) is 0 Å². The van der Waals surface area contributed by atoms with Gasteiger partial charge in [-0.2, -0.15) is 4.98 Å². The zero-order valence-corrected chi connectivity index (χ0v) is 11.9. The number of anilines is 2. The molecule has 0 radical (unpaired) electrons.